The molecule has 1 unspecified atom stereocenters. The molecule has 0 aliphatic carbocycles. The Balaban J connectivity index is 1.99. The molecule has 0 bridgehead atoms. The summed E-state index contributed by atoms with van der Waals surface area (Å²) < 4.78 is 0. The molecule has 19 heavy (non-hydrogen) atoms. The minimum Gasteiger partial charge on any atom is -0.348 e. The minimum atomic E-state index is -0.323. The van der Waals surface area contributed by atoms with Crippen molar-refractivity contribution in [3.8, 4) is 0 Å². The molecule has 0 saturated heterocycles. The smallest absolute Gasteiger partial charge is 0.241 e. The quantitative estimate of drug-likeness (QED) is 0.838. The summed E-state index contributed by atoms with van der Waals surface area (Å²) in [5.74, 6) is -0.105. The van der Waals surface area contributed by atoms with E-state index in [2.05, 4.69) is 10.6 Å². The Labute approximate surface area is 113 Å². The third-order valence-corrected chi connectivity index (χ3v) is 3.29. The number of hydrogen-bond donors (Lipinski definition) is 2. The summed E-state index contributed by atoms with van der Waals surface area (Å²) in [6.45, 7) is 0.182. The third kappa shape index (κ3) is 3.32. The predicted molar refractivity (Wildman–Crippen MR) is 73.9 cm³/mol. The van der Waals surface area contributed by atoms with Crippen LogP contribution >= 0.6 is 0 Å². The Morgan fingerprint density at radius 2 is 2.16 bits per heavy atom. The molecule has 2 amide bonds. The molecule has 1 aliphatic rings. The van der Waals surface area contributed by atoms with Crippen LogP contribution in [0.4, 0.5) is 5.69 Å². The van der Waals surface area contributed by atoms with E-state index in [1.54, 1.807) is 14.1 Å². The van der Waals surface area contributed by atoms with Crippen molar-refractivity contribution in [2.75, 3.05) is 26.0 Å². The number of fused-ring (bicyclic) bond motifs is 1. The van der Waals surface area contributed by atoms with Crippen molar-refractivity contribution < 1.29 is 9.59 Å². The summed E-state index contributed by atoms with van der Waals surface area (Å²) in [5.41, 5.74) is 2.01. The summed E-state index contributed by atoms with van der Waals surface area (Å²) in [5, 5.41) is 5.92. The highest BCUT2D eigenvalue weighted by Crippen LogP contribution is 2.21. The Hall–Kier alpha value is -1.88. The maximum atomic E-state index is 12.1. The van der Waals surface area contributed by atoms with E-state index in [1.165, 1.54) is 4.90 Å². The number of benzene rings is 1. The van der Waals surface area contributed by atoms with E-state index < -0.39 is 0 Å². The number of hydrogen-bond acceptors (Lipinski definition) is 3. The number of rotatable bonds is 3. The van der Waals surface area contributed by atoms with E-state index in [4.69, 9.17) is 0 Å². The normalized spacial score (nSPS) is 18.2. The Morgan fingerprint density at radius 3 is 2.89 bits per heavy atom. The number of likely N-dealkylation sites (N-methyl/N-ethyl adjacent to an activating group) is 1. The molecule has 0 saturated carbocycles. The van der Waals surface area contributed by atoms with Crippen LogP contribution in [0.25, 0.3) is 0 Å². The molecule has 2 rings (SSSR count). The first kappa shape index (κ1) is 13.5. The number of para-hydroxylation sites is 1. The average molecular weight is 261 g/mol. The molecule has 0 spiro atoms. The van der Waals surface area contributed by atoms with Gasteiger partial charge in [-0.1, -0.05) is 18.2 Å². The van der Waals surface area contributed by atoms with Crippen LogP contribution in [0.15, 0.2) is 24.3 Å². The van der Waals surface area contributed by atoms with E-state index in [1.807, 2.05) is 24.3 Å². The second-order valence-electron chi connectivity index (χ2n) is 4.91. The van der Waals surface area contributed by atoms with E-state index in [0.717, 1.165) is 17.7 Å². The third-order valence-electron chi connectivity index (χ3n) is 3.29. The van der Waals surface area contributed by atoms with Gasteiger partial charge in [0, 0.05) is 19.8 Å². The van der Waals surface area contributed by atoms with Crippen molar-refractivity contribution in [3.63, 3.8) is 0 Å². The first-order valence-corrected chi connectivity index (χ1v) is 6.40. The Morgan fingerprint density at radius 1 is 1.42 bits per heavy atom. The van der Waals surface area contributed by atoms with Crippen LogP contribution in [0, 0.1) is 0 Å². The van der Waals surface area contributed by atoms with Crippen LogP contribution in [-0.2, 0) is 16.0 Å². The number of nitrogens with zero attached hydrogens (tertiary/aromatic N) is 1. The lowest BCUT2D eigenvalue weighted by atomic mass is 10.1. The van der Waals surface area contributed by atoms with Crippen LogP contribution in [0.5, 0.6) is 0 Å². The standard InChI is InChI=1S/C14H19N3O2/c1-17(2)13(18)9-15-12-8-7-10-5-3-4-6-11(10)16-14(12)19/h3-6,12,15H,7-9H2,1-2H3,(H,16,19). The summed E-state index contributed by atoms with van der Waals surface area (Å²) in [6, 6.07) is 7.47. The first-order valence-electron chi connectivity index (χ1n) is 6.40. The van der Waals surface area contributed by atoms with Gasteiger partial charge in [-0.3, -0.25) is 14.9 Å². The molecular weight excluding hydrogens is 242 g/mol. The maximum Gasteiger partial charge on any atom is 0.241 e. The van der Waals surface area contributed by atoms with E-state index in [0.29, 0.717) is 6.42 Å². The van der Waals surface area contributed by atoms with Gasteiger partial charge in [0.15, 0.2) is 0 Å². The lowest BCUT2D eigenvalue weighted by molar-refractivity contribution is -0.128. The lowest BCUT2D eigenvalue weighted by Crippen LogP contribution is -2.44. The molecule has 102 valence electrons. The summed E-state index contributed by atoms with van der Waals surface area (Å²) in [4.78, 5) is 25.1. The van der Waals surface area contributed by atoms with Crippen LogP contribution in [0.3, 0.4) is 0 Å². The topological polar surface area (TPSA) is 61.4 Å². The van der Waals surface area contributed by atoms with Crippen LogP contribution in [0.2, 0.25) is 0 Å². The van der Waals surface area contributed by atoms with Crippen molar-refractivity contribution in [2.24, 2.45) is 0 Å². The highest BCUT2D eigenvalue weighted by molar-refractivity contribution is 5.96. The van der Waals surface area contributed by atoms with Gasteiger partial charge in [-0.2, -0.15) is 0 Å². The second-order valence-corrected chi connectivity index (χ2v) is 4.91. The molecule has 0 radical (unpaired) electrons. The SMILES string of the molecule is CN(C)C(=O)CNC1CCc2ccccc2NC1=O. The van der Waals surface area contributed by atoms with Crippen LogP contribution in [0.1, 0.15) is 12.0 Å². The Bertz CT molecular complexity index is 485. The van der Waals surface area contributed by atoms with Crippen molar-refractivity contribution in [2.45, 2.75) is 18.9 Å². The van der Waals surface area contributed by atoms with Crippen molar-refractivity contribution in [1.29, 1.82) is 0 Å². The predicted octanol–water partition coefficient (Wildman–Crippen LogP) is 0.618. The molecule has 1 aromatic rings. The zero-order chi connectivity index (χ0) is 13.8. The molecule has 5 heteroatoms. The van der Waals surface area contributed by atoms with Gasteiger partial charge in [-0.05, 0) is 24.5 Å². The number of carbonyl (C=O) groups is 2. The minimum absolute atomic E-state index is 0.0328. The fourth-order valence-electron chi connectivity index (χ4n) is 2.07. The number of amides is 2. The van der Waals surface area contributed by atoms with E-state index >= 15 is 0 Å². The molecule has 1 aromatic carbocycles. The van der Waals surface area contributed by atoms with Gasteiger partial charge in [-0.25, -0.2) is 0 Å². The lowest BCUT2D eigenvalue weighted by Gasteiger charge is -2.16. The molecule has 1 heterocycles. The highest BCUT2D eigenvalue weighted by Gasteiger charge is 2.23. The molecule has 0 fully saturated rings. The van der Waals surface area contributed by atoms with E-state index in [9.17, 15) is 9.59 Å². The summed E-state index contributed by atoms with van der Waals surface area (Å²) >= 11 is 0. The molecule has 2 N–H and O–H groups in total. The van der Waals surface area contributed by atoms with Gasteiger partial charge >= 0.3 is 0 Å². The zero-order valence-electron chi connectivity index (χ0n) is 11.3. The van der Waals surface area contributed by atoms with Crippen molar-refractivity contribution >= 4 is 17.5 Å². The number of anilines is 1. The second kappa shape index (κ2) is 5.84. The Kier molecular flexibility index (Phi) is 4.16. The van der Waals surface area contributed by atoms with Crippen molar-refractivity contribution in [3.05, 3.63) is 29.8 Å². The summed E-state index contributed by atoms with van der Waals surface area (Å²) in [7, 11) is 3.40. The van der Waals surface area contributed by atoms with Gasteiger partial charge in [0.25, 0.3) is 0 Å². The monoisotopic (exact) mass is 261 g/mol. The van der Waals surface area contributed by atoms with Gasteiger partial charge in [0.05, 0.1) is 12.6 Å². The molecule has 0 aromatic heterocycles. The van der Waals surface area contributed by atoms with Crippen LogP contribution < -0.4 is 10.6 Å². The fraction of sp³-hybridized carbons (Fsp3) is 0.429. The highest BCUT2D eigenvalue weighted by atomic mass is 16.2. The first-order chi connectivity index (χ1) is 9.08. The summed E-state index contributed by atoms with van der Waals surface area (Å²) in [6.07, 6.45) is 1.52. The van der Waals surface area contributed by atoms with Gasteiger partial charge in [0.2, 0.25) is 11.8 Å². The fourth-order valence-corrected chi connectivity index (χ4v) is 2.07. The van der Waals surface area contributed by atoms with Gasteiger partial charge in [0.1, 0.15) is 0 Å². The largest absolute Gasteiger partial charge is 0.348 e. The van der Waals surface area contributed by atoms with Crippen LogP contribution in [-0.4, -0.2) is 43.4 Å². The molecular formula is C14H19N3O2. The van der Waals surface area contributed by atoms with Gasteiger partial charge in [-0.15, -0.1) is 0 Å². The molecule has 5 nitrogen and oxygen atoms in total. The number of nitrogens with one attached hydrogen (secondary N) is 2. The molecule has 1 atom stereocenters. The zero-order valence-corrected chi connectivity index (χ0v) is 11.3. The van der Waals surface area contributed by atoms with Crippen molar-refractivity contribution in [1.82, 2.24) is 10.2 Å². The number of carbonyl (C=O) groups excluding carboxylic acids is 2. The number of aryl methyl sites for hydroxylation is 1. The van der Waals surface area contributed by atoms with Gasteiger partial charge < -0.3 is 10.2 Å². The van der Waals surface area contributed by atoms with E-state index in [-0.39, 0.29) is 24.4 Å². The molecule has 1 aliphatic heterocycles. The maximum absolute atomic E-state index is 12.1. The average Bonchev–Trinajstić information content (AvgIpc) is 2.54.